The molecule has 1 aromatic rings. The minimum atomic E-state index is 0.112. The van der Waals surface area contributed by atoms with Gasteiger partial charge in [0.1, 0.15) is 0 Å². The van der Waals surface area contributed by atoms with E-state index in [1.165, 1.54) is 0 Å². The van der Waals surface area contributed by atoms with Crippen molar-refractivity contribution in [2.24, 2.45) is 0 Å². The SMILES string of the molecule is Cc1cc(Br)cn(CCCCCCCl)c1=O. The van der Waals surface area contributed by atoms with Crippen LogP contribution in [0.5, 0.6) is 0 Å². The fraction of sp³-hybridized carbons (Fsp3) is 0.583. The first kappa shape index (κ1) is 13.8. The van der Waals surface area contributed by atoms with Crippen molar-refractivity contribution in [2.75, 3.05) is 5.88 Å². The summed E-state index contributed by atoms with van der Waals surface area (Å²) in [6.07, 6.45) is 6.23. The lowest BCUT2D eigenvalue weighted by Gasteiger charge is -2.07. The topological polar surface area (TPSA) is 22.0 Å². The summed E-state index contributed by atoms with van der Waals surface area (Å²) in [5.41, 5.74) is 0.899. The summed E-state index contributed by atoms with van der Waals surface area (Å²) >= 11 is 9.01. The molecule has 0 atom stereocenters. The molecule has 0 saturated carbocycles. The Bertz CT molecular complexity index is 389. The lowest BCUT2D eigenvalue weighted by atomic mass is 10.2. The molecule has 0 aliphatic rings. The number of halogens is 2. The van der Waals surface area contributed by atoms with Crippen molar-refractivity contribution >= 4 is 27.5 Å². The van der Waals surface area contributed by atoms with Crippen molar-refractivity contribution in [3.8, 4) is 0 Å². The fourth-order valence-electron chi connectivity index (χ4n) is 1.64. The van der Waals surface area contributed by atoms with Gasteiger partial charge in [-0.2, -0.15) is 0 Å². The fourth-order valence-corrected chi connectivity index (χ4v) is 2.42. The van der Waals surface area contributed by atoms with E-state index in [1.807, 2.05) is 19.2 Å². The van der Waals surface area contributed by atoms with Gasteiger partial charge in [0.15, 0.2) is 0 Å². The first-order chi connectivity index (χ1) is 7.65. The minimum absolute atomic E-state index is 0.112. The van der Waals surface area contributed by atoms with Crippen LogP contribution < -0.4 is 5.56 Å². The van der Waals surface area contributed by atoms with Crippen LogP contribution in [0.1, 0.15) is 31.2 Å². The number of nitrogens with zero attached hydrogens (tertiary/aromatic N) is 1. The zero-order chi connectivity index (χ0) is 12.0. The third-order valence-electron chi connectivity index (χ3n) is 2.51. The molecule has 1 aromatic heterocycles. The van der Waals surface area contributed by atoms with E-state index >= 15 is 0 Å². The van der Waals surface area contributed by atoms with Crippen LogP contribution in [0.15, 0.2) is 21.5 Å². The number of hydrogen-bond acceptors (Lipinski definition) is 1. The van der Waals surface area contributed by atoms with Crippen LogP contribution in [0, 0.1) is 6.92 Å². The zero-order valence-corrected chi connectivity index (χ0v) is 11.9. The Morgan fingerprint density at radius 2 is 2.00 bits per heavy atom. The summed E-state index contributed by atoms with van der Waals surface area (Å²) < 4.78 is 2.74. The summed E-state index contributed by atoms with van der Waals surface area (Å²) in [4.78, 5) is 11.8. The average Bonchev–Trinajstić information content (AvgIpc) is 2.24. The number of hydrogen-bond donors (Lipinski definition) is 0. The van der Waals surface area contributed by atoms with Gasteiger partial charge in [-0.25, -0.2) is 0 Å². The highest BCUT2D eigenvalue weighted by molar-refractivity contribution is 9.10. The summed E-state index contributed by atoms with van der Waals surface area (Å²) in [6, 6.07) is 1.85. The molecule has 4 heteroatoms. The molecule has 0 unspecified atom stereocenters. The van der Waals surface area contributed by atoms with E-state index in [1.54, 1.807) is 4.57 Å². The monoisotopic (exact) mass is 305 g/mol. The lowest BCUT2D eigenvalue weighted by Crippen LogP contribution is -2.21. The van der Waals surface area contributed by atoms with Crippen LogP contribution in [0.4, 0.5) is 0 Å². The van der Waals surface area contributed by atoms with E-state index in [0.29, 0.717) is 0 Å². The molecule has 0 spiro atoms. The van der Waals surface area contributed by atoms with Gasteiger partial charge >= 0.3 is 0 Å². The van der Waals surface area contributed by atoms with Crippen molar-refractivity contribution in [1.82, 2.24) is 4.57 Å². The van der Waals surface area contributed by atoms with Crippen LogP contribution in [0.25, 0.3) is 0 Å². The predicted octanol–water partition coefficient (Wildman–Crippen LogP) is 3.72. The molecule has 1 rings (SSSR count). The maximum absolute atomic E-state index is 11.8. The Kier molecular flexibility index (Phi) is 6.14. The molecule has 0 saturated heterocycles. The largest absolute Gasteiger partial charge is 0.314 e. The second kappa shape index (κ2) is 7.13. The Hall–Kier alpha value is -0.280. The second-order valence-corrected chi connectivity index (χ2v) is 5.24. The van der Waals surface area contributed by atoms with E-state index in [-0.39, 0.29) is 5.56 Å². The number of pyridine rings is 1. The number of rotatable bonds is 6. The van der Waals surface area contributed by atoms with E-state index < -0.39 is 0 Å². The smallest absolute Gasteiger partial charge is 0.253 e. The Balaban J connectivity index is 2.51. The summed E-state index contributed by atoms with van der Waals surface area (Å²) in [5, 5.41) is 0. The van der Waals surface area contributed by atoms with Crippen LogP contribution in [0.2, 0.25) is 0 Å². The number of unbranched alkanes of at least 4 members (excludes halogenated alkanes) is 3. The van der Waals surface area contributed by atoms with Crippen molar-refractivity contribution < 1.29 is 0 Å². The van der Waals surface area contributed by atoms with Gasteiger partial charge in [-0.15, -0.1) is 11.6 Å². The maximum atomic E-state index is 11.8. The van der Waals surface area contributed by atoms with Crippen LogP contribution in [0.3, 0.4) is 0 Å². The minimum Gasteiger partial charge on any atom is -0.314 e. The van der Waals surface area contributed by atoms with E-state index in [2.05, 4.69) is 15.9 Å². The Morgan fingerprint density at radius 3 is 2.69 bits per heavy atom. The quantitative estimate of drug-likeness (QED) is 0.580. The summed E-state index contributed by atoms with van der Waals surface area (Å²) in [7, 11) is 0. The molecular formula is C12H17BrClNO. The molecular weight excluding hydrogens is 289 g/mol. The highest BCUT2D eigenvalue weighted by atomic mass is 79.9. The van der Waals surface area contributed by atoms with Gasteiger partial charge in [-0.3, -0.25) is 4.79 Å². The number of aryl methyl sites for hydroxylation is 2. The van der Waals surface area contributed by atoms with Gasteiger partial charge in [0, 0.05) is 28.7 Å². The summed E-state index contributed by atoms with van der Waals surface area (Å²) in [6.45, 7) is 2.64. The molecule has 0 aliphatic heterocycles. The lowest BCUT2D eigenvalue weighted by molar-refractivity contribution is 0.569. The highest BCUT2D eigenvalue weighted by Gasteiger charge is 2.01. The molecule has 1 heterocycles. The van der Waals surface area contributed by atoms with Crippen molar-refractivity contribution in [1.29, 1.82) is 0 Å². The van der Waals surface area contributed by atoms with E-state index in [9.17, 15) is 4.79 Å². The third kappa shape index (κ3) is 4.30. The molecule has 0 N–H and O–H groups in total. The van der Waals surface area contributed by atoms with Crippen LogP contribution in [-0.2, 0) is 6.54 Å². The van der Waals surface area contributed by atoms with Crippen molar-refractivity contribution in [3.63, 3.8) is 0 Å². The molecule has 90 valence electrons. The van der Waals surface area contributed by atoms with E-state index in [0.717, 1.165) is 48.1 Å². The Morgan fingerprint density at radius 1 is 1.31 bits per heavy atom. The molecule has 0 bridgehead atoms. The molecule has 0 fully saturated rings. The van der Waals surface area contributed by atoms with Gasteiger partial charge in [0.05, 0.1) is 0 Å². The average molecular weight is 307 g/mol. The molecule has 0 radical (unpaired) electrons. The molecule has 2 nitrogen and oxygen atoms in total. The Labute approximate surface area is 110 Å². The molecule has 16 heavy (non-hydrogen) atoms. The predicted molar refractivity (Wildman–Crippen MR) is 72.3 cm³/mol. The van der Waals surface area contributed by atoms with Gasteiger partial charge in [0.25, 0.3) is 5.56 Å². The standard InChI is InChI=1S/C12H17BrClNO/c1-10-8-11(13)9-15(12(10)16)7-5-3-2-4-6-14/h8-9H,2-7H2,1H3. The van der Waals surface area contributed by atoms with Gasteiger partial charge in [-0.1, -0.05) is 12.8 Å². The van der Waals surface area contributed by atoms with Crippen molar-refractivity contribution in [3.05, 3.63) is 32.7 Å². The van der Waals surface area contributed by atoms with Gasteiger partial charge < -0.3 is 4.57 Å². The van der Waals surface area contributed by atoms with E-state index in [4.69, 9.17) is 11.6 Å². The third-order valence-corrected chi connectivity index (χ3v) is 3.22. The molecule has 0 aromatic carbocycles. The number of alkyl halides is 1. The van der Waals surface area contributed by atoms with Crippen molar-refractivity contribution in [2.45, 2.75) is 39.2 Å². The summed E-state index contributed by atoms with van der Waals surface area (Å²) in [5.74, 6) is 0.732. The second-order valence-electron chi connectivity index (χ2n) is 3.94. The maximum Gasteiger partial charge on any atom is 0.253 e. The first-order valence-electron chi connectivity index (χ1n) is 5.57. The molecule has 0 aliphatic carbocycles. The highest BCUT2D eigenvalue weighted by Crippen LogP contribution is 2.09. The van der Waals surface area contributed by atoms with Gasteiger partial charge in [-0.05, 0) is 41.8 Å². The first-order valence-corrected chi connectivity index (χ1v) is 6.90. The normalized spacial score (nSPS) is 10.7. The van der Waals surface area contributed by atoms with Crippen LogP contribution >= 0.6 is 27.5 Å². The number of aromatic nitrogens is 1. The van der Waals surface area contributed by atoms with Gasteiger partial charge in [0.2, 0.25) is 0 Å². The zero-order valence-electron chi connectivity index (χ0n) is 9.51. The van der Waals surface area contributed by atoms with Crippen LogP contribution in [-0.4, -0.2) is 10.4 Å². The molecule has 0 amide bonds.